The fourth-order valence-corrected chi connectivity index (χ4v) is 3.45. The first-order valence-corrected chi connectivity index (χ1v) is 8.61. The minimum Gasteiger partial charge on any atom is -0.454 e. The third-order valence-electron chi connectivity index (χ3n) is 4.78. The fraction of sp³-hybridized carbons (Fsp3) is 0.350. The predicted octanol–water partition coefficient (Wildman–Crippen LogP) is 2.43. The summed E-state index contributed by atoms with van der Waals surface area (Å²) in [7, 11) is 1.97. The monoisotopic (exact) mass is 338 g/mol. The van der Waals surface area contributed by atoms with Gasteiger partial charge in [-0.05, 0) is 42.3 Å². The Hall–Kier alpha value is -2.53. The lowest BCUT2D eigenvalue weighted by molar-refractivity contribution is -0.133. The molecule has 0 saturated heterocycles. The molecule has 1 amide bonds. The zero-order valence-corrected chi connectivity index (χ0v) is 14.4. The summed E-state index contributed by atoms with van der Waals surface area (Å²) in [5.74, 6) is 1.75. The van der Waals surface area contributed by atoms with Crippen molar-refractivity contribution < 1.29 is 14.3 Å². The van der Waals surface area contributed by atoms with Crippen LogP contribution < -0.4 is 9.47 Å². The Bertz CT molecular complexity index is 790. The minimum atomic E-state index is 0.178. The lowest BCUT2D eigenvalue weighted by Gasteiger charge is -2.30. The Kier molecular flexibility index (Phi) is 4.32. The highest BCUT2D eigenvalue weighted by molar-refractivity contribution is 5.78. The summed E-state index contributed by atoms with van der Waals surface area (Å²) in [4.78, 5) is 16.6. The van der Waals surface area contributed by atoms with Crippen LogP contribution in [0.4, 0.5) is 0 Å². The second-order valence-corrected chi connectivity index (χ2v) is 6.69. The molecule has 130 valence electrons. The maximum Gasteiger partial charge on any atom is 0.237 e. The van der Waals surface area contributed by atoms with E-state index in [1.807, 2.05) is 41.1 Å². The van der Waals surface area contributed by atoms with Gasteiger partial charge < -0.3 is 14.4 Å². The molecule has 5 heteroatoms. The maximum absolute atomic E-state index is 12.6. The SMILES string of the molecule is CN(CC(=O)N1CCc2ccccc2C1)Cc1ccc2c(c1)OCO2. The van der Waals surface area contributed by atoms with Crippen molar-refractivity contribution in [2.45, 2.75) is 19.5 Å². The normalized spacial score (nSPS) is 15.4. The molecular formula is C20H22N2O3. The number of carbonyl (C=O) groups excluding carboxylic acids is 1. The number of ether oxygens (including phenoxy) is 2. The zero-order valence-electron chi connectivity index (χ0n) is 14.4. The zero-order chi connectivity index (χ0) is 17.2. The van der Waals surface area contributed by atoms with Crippen molar-refractivity contribution in [1.82, 2.24) is 9.80 Å². The van der Waals surface area contributed by atoms with Crippen LogP contribution in [0.15, 0.2) is 42.5 Å². The molecule has 0 radical (unpaired) electrons. The van der Waals surface area contributed by atoms with Crippen molar-refractivity contribution in [2.24, 2.45) is 0 Å². The minimum absolute atomic E-state index is 0.178. The van der Waals surface area contributed by atoms with Crippen LogP contribution in [0.5, 0.6) is 11.5 Å². The molecule has 0 aliphatic carbocycles. The molecule has 0 saturated carbocycles. The molecule has 2 aliphatic heterocycles. The number of amides is 1. The van der Waals surface area contributed by atoms with Gasteiger partial charge in [-0.2, -0.15) is 0 Å². The number of carbonyl (C=O) groups is 1. The third kappa shape index (κ3) is 3.46. The Morgan fingerprint density at radius 1 is 1.12 bits per heavy atom. The van der Waals surface area contributed by atoms with Crippen LogP contribution in [0.3, 0.4) is 0 Å². The molecule has 2 heterocycles. The van der Waals surface area contributed by atoms with Crippen LogP contribution in [0.1, 0.15) is 16.7 Å². The second kappa shape index (κ2) is 6.76. The van der Waals surface area contributed by atoms with Gasteiger partial charge >= 0.3 is 0 Å². The molecule has 0 spiro atoms. The molecule has 0 atom stereocenters. The molecule has 25 heavy (non-hydrogen) atoms. The largest absolute Gasteiger partial charge is 0.454 e. The highest BCUT2D eigenvalue weighted by Crippen LogP contribution is 2.32. The Balaban J connectivity index is 1.35. The van der Waals surface area contributed by atoms with Crippen LogP contribution >= 0.6 is 0 Å². The highest BCUT2D eigenvalue weighted by atomic mass is 16.7. The second-order valence-electron chi connectivity index (χ2n) is 6.69. The standard InChI is InChI=1S/C20H22N2O3/c1-21(11-15-6-7-18-19(10-15)25-14-24-18)13-20(23)22-9-8-16-4-2-3-5-17(16)12-22/h2-7,10H,8-9,11-14H2,1H3. The first-order valence-electron chi connectivity index (χ1n) is 8.61. The van der Waals surface area contributed by atoms with E-state index in [9.17, 15) is 4.79 Å². The van der Waals surface area contributed by atoms with E-state index in [0.29, 0.717) is 19.6 Å². The van der Waals surface area contributed by atoms with E-state index in [1.54, 1.807) is 0 Å². The van der Waals surface area contributed by atoms with Gasteiger partial charge in [0, 0.05) is 19.6 Å². The van der Waals surface area contributed by atoms with E-state index in [1.165, 1.54) is 11.1 Å². The number of likely N-dealkylation sites (N-methyl/N-ethyl adjacent to an activating group) is 1. The van der Waals surface area contributed by atoms with Gasteiger partial charge in [0.1, 0.15) is 0 Å². The number of rotatable bonds is 4. The smallest absolute Gasteiger partial charge is 0.237 e. The van der Waals surface area contributed by atoms with Crippen LogP contribution in [0.25, 0.3) is 0 Å². The number of benzene rings is 2. The van der Waals surface area contributed by atoms with E-state index in [2.05, 4.69) is 18.2 Å². The Morgan fingerprint density at radius 3 is 2.80 bits per heavy atom. The van der Waals surface area contributed by atoms with Crippen molar-refractivity contribution in [3.05, 3.63) is 59.2 Å². The molecule has 2 aliphatic rings. The van der Waals surface area contributed by atoms with E-state index in [4.69, 9.17) is 9.47 Å². The summed E-state index contributed by atoms with van der Waals surface area (Å²) in [5, 5.41) is 0. The average molecular weight is 338 g/mol. The maximum atomic E-state index is 12.6. The molecule has 0 bridgehead atoms. The topological polar surface area (TPSA) is 42.0 Å². The number of fused-ring (bicyclic) bond motifs is 2. The first kappa shape index (κ1) is 16.0. The van der Waals surface area contributed by atoms with Gasteiger partial charge in [0.15, 0.2) is 11.5 Å². The van der Waals surface area contributed by atoms with Gasteiger partial charge in [-0.3, -0.25) is 9.69 Å². The molecule has 2 aromatic carbocycles. The number of nitrogens with zero attached hydrogens (tertiary/aromatic N) is 2. The molecule has 0 fully saturated rings. The van der Waals surface area contributed by atoms with Crippen molar-refractivity contribution >= 4 is 5.91 Å². The Morgan fingerprint density at radius 2 is 1.92 bits per heavy atom. The van der Waals surface area contributed by atoms with Crippen molar-refractivity contribution in [3.63, 3.8) is 0 Å². The molecule has 4 rings (SSSR count). The van der Waals surface area contributed by atoms with E-state index in [-0.39, 0.29) is 12.7 Å². The number of hydrogen-bond donors (Lipinski definition) is 0. The highest BCUT2D eigenvalue weighted by Gasteiger charge is 2.21. The van der Waals surface area contributed by atoms with E-state index >= 15 is 0 Å². The van der Waals surface area contributed by atoms with Crippen LogP contribution in [-0.2, 0) is 24.3 Å². The average Bonchev–Trinajstić information content (AvgIpc) is 3.09. The van der Waals surface area contributed by atoms with Crippen LogP contribution in [0, 0.1) is 0 Å². The van der Waals surface area contributed by atoms with Crippen LogP contribution in [0.2, 0.25) is 0 Å². The molecule has 0 unspecified atom stereocenters. The van der Waals surface area contributed by atoms with E-state index in [0.717, 1.165) is 30.0 Å². The van der Waals surface area contributed by atoms with Gasteiger partial charge in [-0.15, -0.1) is 0 Å². The van der Waals surface area contributed by atoms with Gasteiger partial charge in [-0.25, -0.2) is 0 Å². The lowest BCUT2D eigenvalue weighted by Crippen LogP contribution is -2.41. The van der Waals surface area contributed by atoms with E-state index < -0.39 is 0 Å². The van der Waals surface area contributed by atoms with Gasteiger partial charge in [-0.1, -0.05) is 30.3 Å². The van der Waals surface area contributed by atoms with Crippen molar-refractivity contribution in [2.75, 3.05) is 26.9 Å². The summed E-state index contributed by atoms with van der Waals surface area (Å²) in [5.41, 5.74) is 3.74. The molecule has 0 aromatic heterocycles. The van der Waals surface area contributed by atoms with Crippen LogP contribution in [-0.4, -0.2) is 42.6 Å². The summed E-state index contributed by atoms with van der Waals surface area (Å²) in [6.07, 6.45) is 0.938. The quantitative estimate of drug-likeness (QED) is 0.859. The summed E-state index contributed by atoms with van der Waals surface area (Å²) < 4.78 is 10.7. The van der Waals surface area contributed by atoms with Crippen molar-refractivity contribution in [1.29, 1.82) is 0 Å². The van der Waals surface area contributed by atoms with Gasteiger partial charge in [0.05, 0.1) is 6.54 Å². The summed E-state index contributed by atoms with van der Waals surface area (Å²) >= 11 is 0. The lowest BCUT2D eigenvalue weighted by atomic mass is 10.00. The molecule has 2 aromatic rings. The molecule has 5 nitrogen and oxygen atoms in total. The fourth-order valence-electron chi connectivity index (χ4n) is 3.45. The number of hydrogen-bond acceptors (Lipinski definition) is 4. The molecular weight excluding hydrogens is 316 g/mol. The summed E-state index contributed by atoms with van der Waals surface area (Å²) in [6, 6.07) is 14.3. The van der Waals surface area contributed by atoms with Gasteiger partial charge in [0.25, 0.3) is 0 Å². The predicted molar refractivity (Wildman–Crippen MR) is 94.5 cm³/mol. The third-order valence-corrected chi connectivity index (χ3v) is 4.78. The molecule has 0 N–H and O–H groups in total. The Labute approximate surface area is 147 Å². The first-order chi connectivity index (χ1) is 12.2. The van der Waals surface area contributed by atoms with Gasteiger partial charge in [0.2, 0.25) is 12.7 Å². The summed E-state index contributed by atoms with van der Waals surface area (Å²) in [6.45, 7) is 2.91. The van der Waals surface area contributed by atoms with Crippen molar-refractivity contribution in [3.8, 4) is 11.5 Å².